The van der Waals surface area contributed by atoms with Gasteiger partial charge in [-0.2, -0.15) is 0 Å². The largest absolute Gasteiger partial charge is 0.380 e. The fourth-order valence-electron chi connectivity index (χ4n) is 3.39. The molecule has 0 spiro atoms. The molecule has 2 atom stereocenters. The Morgan fingerprint density at radius 3 is 2.55 bits per heavy atom. The number of hydrogen-bond acceptors (Lipinski definition) is 2. The summed E-state index contributed by atoms with van der Waals surface area (Å²) in [5.74, 6) is 0. The van der Waals surface area contributed by atoms with Crippen molar-refractivity contribution in [3.63, 3.8) is 0 Å². The van der Waals surface area contributed by atoms with E-state index in [0.29, 0.717) is 12.1 Å². The Hall–Kier alpha value is -1.48. The third kappa shape index (κ3) is 3.64. The Bertz CT molecular complexity index is 599. The van der Waals surface area contributed by atoms with Crippen LogP contribution in [-0.4, -0.2) is 19.1 Å². The van der Waals surface area contributed by atoms with Gasteiger partial charge in [-0.25, -0.2) is 0 Å². The summed E-state index contributed by atoms with van der Waals surface area (Å²) in [5.41, 5.74) is 2.50. The van der Waals surface area contributed by atoms with Crippen LogP contribution >= 0.6 is 15.9 Å². The minimum Gasteiger partial charge on any atom is -0.380 e. The summed E-state index contributed by atoms with van der Waals surface area (Å²) < 4.78 is 1.13. The molecule has 0 unspecified atom stereocenters. The van der Waals surface area contributed by atoms with Gasteiger partial charge in [-0.15, -0.1) is 0 Å². The maximum absolute atomic E-state index is 3.75. The zero-order valence-electron chi connectivity index (χ0n) is 13.0. The minimum atomic E-state index is 0.494. The molecular weight excluding hydrogens is 336 g/mol. The van der Waals surface area contributed by atoms with Crippen LogP contribution in [0.1, 0.15) is 25.7 Å². The molecule has 1 N–H and O–H groups in total. The van der Waals surface area contributed by atoms with E-state index < -0.39 is 0 Å². The van der Waals surface area contributed by atoms with Gasteiger partial charge in [0.1, 0.15) is 0 Å². The van der Waals surface area contributed by atoms with Crippen LogP contribution in [0.4, 0.5) is 11.4 Å². The topological polar surface area (TPSA) is 15.3 Å². The minimum absolute atomic E-state index is 0.494. The predicted octanol–water partition coefficient (Wildman–Crippen LogP) is 5.31. The Labute approximate surface area is 141 Å². The first-order valence-corrected chi connectivity index (χ1v) is 8.83. The van der Waals surface area contributed by atoms with Gasteiger partial charge in [0.2, 0.25) is 0 Å². The van der Waals surface area contributed by atoms with Crippen LogP contribution in [0.2, 0.25) is 0 Å². The normalized spacial score (nSPS) is 21.4. The fourth-order valence-corrected chi connectivity index (χ4v) is 3.79. The van der Waals surface area contributed by atoms with Crippen LogP contribution in [0, 0.1) is 0 Å². The number of hydrogen-bond donors (Lipinski definition) is 1. The summed E-state index contributed by atoms with van der Waals surface area (Å²) in [6.45, 7) is 0. The van der Waals surface area contributed by atoms with E-state index in [1.54, 1.807) is 0 Å². The first kappa shape index (κ1) is 15.4. The summed E-state index contributed by atoms with van der Waals surface area (Å²) in [6.07, 6.45) is 5.11. The molecule has 1 saturated carbocycles. The molecule has 0 aromatic heterocycles. The van der Waals surface area contributed by atoms with Gasteiger partial charge in [-0.1, -0.05) is 53.0 Å². The van der Waals surface area contributed by atoms with Crippen molar-refractivity contribution in [2.45, 2.75) is 37.8 Å². The zero-order valence-corrected chi connectivity index (χ0v) is 14.6. The number of likely N-dealkylation sites (N-methyl/N-ethyl adjacent to an activating group) is 1. The van der Waals surface area contributed by atoms with Crippen molar-refractivity contribution in [2.75, 3.05) is 17.3 Å². The van der Waals surface area contributed by atoms with E-state index in [4.69, 9.17) is 0 Å². The highest BCUT2D eigenvalue weighted by Crippen LogP contribution is 2.29. The van der Waals surface area contributed by atoms with Gasteiger partial charge >= 0.3 is 0 Å². The van der Waals surface area contributed by atoms with Crippen molar-refractivity contribution in [2.24, 2.45) is 0 Å². The predicted molar refractivity (Wildman–Crippen MR) is 98.7 cm³/mol. The molecule has 0 heterocycles. The molecule has 22 heavy (non-hydrogen) atoms. The molecular formula is C19H23BrN2. The first-order chi connectivity index (χ1) is 10.7. The van der Waals surface area contributed by atoms with Gasteiger partial charge in [-0.3, -0.25) is 0 Å². The van der Waals surface area contributed by atoms with E-state index in [2.05, 4.69) is 87.8 Å². The second-order valence-corrected chi connectivity index (χ2v) is 6.98. The van der Waals surface area contributed by atoms with Gasteiger partial charge in [0.15, 0.2) is 0 Å². The molecule has 3 heteroatoms. The summed E-state index contributed by atoms with van der Waals surface area (Å²) in [4.78, 5) is 2.44. The van der Waals surface area contributed by atoms with E-state index in [1.807, 2.05) is 0 Å². The van der Waals surface area contributed by atoms with Crippen LogP contribution in [0.5, 0.6) is 0 Å². The lowest BCUT2D eigenvalue weighted by molar-refractivity contribution is 0.392. The third-order valence-corrected chi connectivity index (χ3v) is 5.06. The van der Waals surface area contributed by atoms with Gasteiger partial charge in [-0.05, 0) is 43.2 Å². The highest BCUT2D eigenvalue weighted by molar-refractivity contribution is 9.10. The summed E-state index contributed by atoms with van der Waals surface area (Å²) >= 11 is 3.56. The third-order valence-electron chi connectivity index (χ3n) is 4.57. The molecule has 1 fully saturated rings. The number of nitrogens with one attached hydrogen (secondary N) is 1. The van der Waals surface area contributed by atoms with E-state index in [1.165, 1.54) is 37.1 Å². The zero-order chi connectivity index (χ0) is 15.4. The van der Waals surface area contributed by atoms with Gasteiger partial charge in [0.05, 0.1) is 0 Å². The lowest BCUT2D eigenvalue weighted by Crippen LogP contribution is -2.47. The number of para-hydroxylation sites is 1. The van der Waals surface area contributed by atoms with E-state index in [0.717, 1.165) is 4.47 Å². The van der Waals surface area contributed by atoms with Gasteiger partial charge in [0, 0.05) is 35.0 Å². The molecule has 1 aliphatic rings. The monoisotopic (exact) mass is 358 g/mol. The van der Waals surface area contributed by atoms with Crippen molar-refractivity contribution in [1.29, 1.82) is 0 Å². The Balaban J connectivity index is 1.76. The molecule has 3 rings (SSSR count). The Morgan fingerprint density at radius 1 is 1.00 bits per heavy atom. The molecule has 2 aromatic rings. The number of rotatable bonds is 4. The number of halogens is 1. The van der Waals surface area contributed by atoms with Gasteiger partial charge < -0.3 is 10.2 Å². The molecule has 0 aliphatic heterocycles. The molecule has 116 valence electrons. The second-order valence-electron chi connectivity index (χ2n) is 6.06. The summed E-state index contributed by atoms with van der Waals surface area (Å²) in [7, 11) is 2.22. The molecule has 0 bridgehead atoms. The highest BCUT2D eigenvalue weighted by atomic mass is 79.9. The maximum atomic E-state index is 3.75. The quantitative estimate of drug-likeness (QED) is 0.796. The fraction of sp³-hybridized carbons (Fsp3) is 0.368. The van der Waals surface area contributed by atoms with Crippen LogP contribution in [0.25, 0.3) is 0 Å². The number of benzene rings is 2. The number of anilines is 2. The molecule has 2 aromatic carbocycles. The summed E-state index contributed by atoms with van der Waals surface area (Å²) in [6, 6.07) is 20.2. The van der Waals surface area contributed by atoms with Crippen molar-refractivity contribution in [3.8, 4) is 0 Å². The van der Waals surface area contributed by atoms with Crippen molar-refractivity contribution in [1.82, 2.24) is 0 Å². The van der Waals surface area contributed by atoms with Crippen LogP contribution < -0.4 is 10.2 Å². The Kier molecular flexibility index (Phi) is 5.04. The van der Waals surface area contributed by atoms with E-state index in [-0.39, 0.29) is 0 Å². The van der Waals surface area contributed by atoms with E-state index in [9.17, 15) is 0 Å². The Morgan fingerprint density at radius 2 is 1.77 bits per heavy atom. The average Bonchev–Trinajstić information content (AvgIpc) is 2.56. The first-order valence-electron chi connectivity index (χ1n) is 8.04. The maximum Gasteiger partial charge on any atom is 0.0488 e. The van der Waals surface area contributed by atoms with Crippen molar-refractivity contribution >= 4 is 27.3 Å². The molecule has 2 nitrogen and oxygen atoms in total. The van der Waals surface area contributed by atoms with E-state index >= 15 is 0 Å². The molecule has 0 radical (unpaired) electrons. The summed E-state index contributed by atoms with van der Waals surface area (Å²) in [5, 5.41) is 3.75. The van der Waals surface area contributed by atoms with Gasteiger partial charge in [0.25, 0.3) is 0 Å². The van der Waals surface area contributed by atoms with Crippen LogP contribution in [0.15, 0.2) is 59.1 Å². The number of nitrogens with zero attached hydrogens (tertiary/aromatic N) is 1. The molecule has 0 saturated heterocycles. The smallest absolute Gasteiger partial charge is 0.0488 e. The average molecular weight is 359 g/mol. The van der Waals surface area contributed by atoms with Crippen LogP contribution in [-0.2, 0) is 0 Å². The van der Waals surface area contributed by atoms with Crippen molar-refractivity contribution in [3.05, 3.63) is 59.1 Å². The lowest BCUT2D eigenvalue weighted by atomic mass is 9.89. The molecule has 1 aliphatic carbocycles. The second kappa shape index (κ2) is 7.19. The lowest BCUT2D eigenvalue weighted by Gasteiger charge is -2.40. The highest BCUT2D eigenvalue weighted by Gasteiger charge is 2.28. The standard InChI is InChI=1S/C19H23BrN2/c1-22(17-10-3-2-4-11-17)19-13-6-5-12-18(19)21-16-9-7-8-15(20)14-16/h2-4,7-11,14,18-19,21H,5-6,12-13H2,1H3/t18-,19-/m1/s1. The van der Waals surface area contributed by atoms with Crippen LogP contribution in [0.3, 0.4) is 0 Å². The molecule has 0 amide bonds. The van der Waals surface area contributed by atoms with Crippen molar-refractivity contribution < 1.29 is 0 Å². The SMILES string of the molecule is CN(c1ccccc1)[C@@H]1CCCC[C@H]1Nc1cccc(Br)c1.